The van der Waals surface area contributed by atoms with Gasteiger partial charge in [-0.1, -0.05) is 29.8 Å². The summed E-state index contributed by atoms with van der Waals surface area (Å²) in [6.45, 7) is 2.05. The molecule has 25 heavy (non-hydrogen) atoms. The van der Waals surface area contributed by atoms with Crippen LogP contribution in [-0.4, -0.2) is 18.0 Å². The highest BCUT2D eigenvalue weighted by atomic mass is 16.2. The number of urea groups is 1. The predicted octanol–water partition coefficient (Wildman–Crippen LogP) is 3.85. The van der Waals surface area contributed by atoms with Gasteiger partial charge in [0.05, 0.1) is 0 Å². The van der Waals surface area contributed by atoms with Gasteiger partial charge in [-0.25, -0.2) is 4.79 Å². The molecule has 1 fully saturated rings. The predicted molar refractivity (Wildman–Crippen MR) is 99.7 cm³/mol. The molecule has 0 aromatic heterocycles. The van der Waals surface area contributed by atoms with Crippen LogP contribution in [0.4, 0.5) is 16.2 Å². The molecule has 1 aliphatic rings. The third kappa shape index (κ3) is 5.64. The summed E-state index contributed by atoms with van der Waals surface area (Å²) in [4.78, 5) is 23.7. The maximum atomic E-state index is 12.1. The van der Waals surface area contributed by atoms with Crippen LogP contribution in [0.25, 0.3) is 0 Å². The highest BCUT2D eigenvalue weighted by Crippen LogP contribution is 2.19. The number of carbonyl (C=O) groups excluding carboxylic acids is 2. The molecule has 0 radical (unpaired) electrons. The van der Waals surface area contributed by atoms with Crippen LogP contribution in [0.5, 0.6) is 0 Å². The van der Waals surface area contributed by atoms with Gasteiger partial charge in [0.25, 0.3) is 0 Å². The monoisotopic (exact) mass is 337 g/mol. The number of rotatable bonds is 6. The van der Waals surface area contributed by atoms with Crippen molar-refractivity contribution in [1.82, 2.24) is 5.32 Å². The number of hydrogen-bond acceptors (Lipinski definition) is 2. The Morgan fingerprint density at radius 3 is 2.12 bits per heavy atom. The lowest BCUT2D eigenvalue weighted by Gasteiger charge is -2.09. The number of nitrogens with one attached hydrogen (secondary N) is 3. The number of aryl methyl sites for hydroxylation is 2. The first-order valence-corrected chi connectivity index (χ1v) is 8.61. The Morgan fingerprint density at radius 2 is 1.52 bits per heavy atom. The van der Waals surface area contributed by atoms with Gasteiger partial charge in [0.1, 0.15) is 0 Å². The van der Waals surface area contributed by atoms with Gasteiger partial charge in [-0.3, -0.25) is 4.79 Å². The average molecular weight is 337 g/mol. The van der Waals surface area contributed by atoms with E-state index in [2.05, 4.69) is 40.2 Å². The van der Waals surface area contributed by atoms with Crippen LogP contribution < -0.4 is 16.0 Å². The van der Waals surface area contributed by atoms with Crippen molar-refractivity contribution in [3.05, 3.63) is 59.7 Å². The second kappa shape index (κ2) is 7.83. The fourth-order valence-corrected chi connectivity index (χ4v) is 2.45. The lowest BCUT2D eigenvalue weighted by molar-refractivity contribution is -0.116. The number of amides is 3. The van der Waals surface area contributed by atoms with Crippen LogP contribution in [0.3, 0.4) is 0 Å². The molecule has 0 saturated heterocycles. The number of benzene rings is 2. The summed E-state index contributed by atoms with van der Waals surface area (Å²) in [5.74, 6) is -0.0206. The third-order valence-electron chi connectivity index (χ3n) is 4.10. The van der Waals surface area contributed by atoms with Crippen molar-refractivity contribution >= 4 is 23.3 Å². The largest absolute Gasteiger partial charge is 0.335 e. The zero-order valence-corrected chi connectivity index (χ0v) is 14.3. The van der Waals surface area contributed by atoms with Crippen molar-refractivity contribution in [1.29, 1.82) is 0 Å². The van der Waals surface area contributed by atoms with E-state index in [0.29, 0.717) is 24.6 Å². The van der Waals surface area contributed by atoms with Crippen LogP contribution in [0, 0.1) is 6.92 Å². The fraction of sp³-hybridized carbons (Fsp3) is 0.300. The lowest BCUT2D eigenvalue weighted by Crippen LogP contribution is -2.30. The van der Waals surface area contributed by atoms with Crippen molar-refractivity contribution in [3.63, 3.8) is 0 Å². The molecular weight excluding hydrogens is 314 g/mol. The first kappa shape index (κ1) is 17.0. The summed E-state index contributed by atoms with van der Waals surface area (Å²) in [6, 6.07) is 15.5. The Bertz CT molecular complexity index is 735. The van der Waals surface area contributed by atoms with Crippen molar-refractivity contribution in [2.75, 3.05) is 10.6 Å². The highest BCUT2D eigenvalue weighted by molar-refractivity contribution is 5.92. The lowest BCUT2D eigenvalue weighted by atomic mass is 10.1. The zero-order valence-electron chi connectivity index (χ0n) is 14.3. The molecule has 2 aromatic carbocycles. The third-order valence-corrected chi connectivity index (χ3v) is 4.10. The van der Waals surface area contributed by atoms with Gasteiger partial charge in [0.15, 0.2) is 0 Å². The van der Waals surface area contributed by atoms with E-state index in [1.165, 1.54) is 5.56 Å². The molecule has 0 atom stereocenters. The zero-order chi connectivity index (χ0) is 17.6. The maximum absolute atomic E-state index is 12.1. The van der Waals surface area contributed by atoms with Crippen molar-refractivity contribution in [3.8, 4) is 0 Å². The summed E-state index contributed by atoms with van der Waals surface area (Å²) in [6.07, 6.45) is 3.27. The van der Waals surface area contributed by atoms with E-state index in [1.807, 2.05) is 6.92 Å². The first-order chi connectivity index (χ1) is 12.1. The fourth-order valence-electron chi connectivity index (χ4n) is 2.45. The Balaban J connectivity index is 1.44. The Morgan fingerprint density at radius 1 is 0.920 bits per heavy atom. The van der Waals surface area contributed by atoms with Crippen LogP contribution in [0.15, 0.2) is 48.5 Å². The summed E-state index contributed by atoms with van der Waals surface area (Å²) in [5, 5.41) is 8.53. The number of anilines is 2. The molecule has 0 bridgehead atoms. The SMILES string of the molecule is Cc1ccc(CCC(=O)Nc2ccc(NC(=O)NC3CC3)cc2)cc1. The van der Waals surface area contributed by atoms with Gasteiger partial charge in [-0.15, -0.1) is 0 Å². The molecule has 5 heteroatoms. The molecule has 0 aliphatic heterocycles. The normalized spacial score (nSPS) is 13.2. The minimum atomic E-state index is -0.183. The molecule has 3 N–H and O–H groups in total. The van der Waals surface area contributed by atoms with Crippen LogP contribution in [0.1, 0.15) is 30.4 Å². The molecule has 5 nitrogen and oxygen atoms in total. The van der Waals surface area contributed by atoms with Gasteiger partial charge in [-0.05, 0) is 56.0 Å². The van der Waals surface area contributed by atoms with Crippen molar-refractivity contribution in [2.45, 2.75) is 38.6 Å². The molecule has 0 unspecified atom stereocenters. The van der Waals surface area contributed by atoms with Crippen LogP contribution >= 0.6 is 0 Å². The van der Waals surface area contributed by atoms with Gasteiger partial charge in [0, 0.05) is 23.8 Å². The van der Waals surface area contributed by atoms with E-state index in [9.17, 15) is 9.59 Å². The van der Waals surface area contributed by atoms with E-state index in [4.69, 9.17) is 0 Å². The molecule has 3 amide bonds. The average Bonchev–Trinajstić information content (AvgIpc) is 3.40. The van der Waals surface area contributed by atoms with Crippen molar-refractivity contribution < 1.29 is 9.59 Å². The molecule has 3 rings (SSSR count). The van der Waals surface area contributed by atoms with Crippen LogP contribution in [-0.2, 0) is 11.2 Å². The smallest absolute Gasteiger partial charge is 0.319 e. The number of hydrogen-bond donors (Lipinski definition) is 3. The molecule has 2 aromatic rings. The minimum absolute atomic E-state index is 0.0206. The first-order valence-electron chi connectivity index (χ1n) is 8.61. The standard InChI is InChI=1S/C20H23N3O2/c1-14-2-4-15(5-3-14)6-13-19(24)21-16-7-9-17(10-8-16)22-20(25)23-18-11-12-18/h2-5,7-10,18H,6,11-13H2,1H3,(H,21,24)(H2,22,23,25). The van der Waals surface area contributed by atoms with E-state index in [-0.39, 0.29) is 11.9 Å². The van der Waals surface area contributed by atoms with E-state index < -0.39 is 0 Å². The molecule has 0 spiro atoms. The van der Waals surface area contributed by atoms with Gasteiger partial charge in [-0.2, -0.15) is 0 Å². The second-order valence-corrected chi connectivity index (χ2v) is 6.48. The minimum Gasteiger partial charge on any atom is -0.335 e. The summed E-state index contributed by atoms with van der Waals surface area (Å²) < 4.78 is 0. The topological polar surface area (TPSA) is 70.2 Å². The Labute approximate surface area is 147 Å². The summed E-state index contributed by atoms with van der Waals surface area (Å²) in [5.41, 5.74) is 3.80. The Hall–Kier alpha value is -2.82. The molecular formula is C20H23N3O2. The van der Waals surface area contributed by atoms with Gasteiger partial charge < -0.3 is 16.0 Å². The van der Waals surface area contributed by atoms with Gasteiger partial charge in [0.2, 0.25) is 5.91 Å². The van der Waals surface area contributed by atoms with E-state index >= 15 is 0 Å². The molecule has 1 aliphatic carbocycles. The highest BCUT2D eigenvalue weighted by Gasteiger charge is 2.23. The Kier molecular flexibility index (Phi) is 5.33. The second-order valence-electron chi connectivity index (χ2n) is 6.48. The van der Waals surface area contributed by atoms with Crippen LogP contribution in [0.2, 0.25) is 0 Å². The van der Waals surface area contributed by atoms with Crippen molar-refractivity contribution in [2.24, 2.45) is 0 Å². The maximum Gasteiger partial charge on any atom is 0.319 e. The quantitative estimate of drug-likeness (QED) is 0.749. The molecule has 0 heterocycles. The summed E-state index contributed by atoms with van der Waals surface area (Å²) >= 11 is 0. The number of carbonyl (C=O) groups is 2. The van der Waals surface area contributed by atoms with E-state index in [0.717, 1.165) is 24.1 Å². The summed E-state index contributed by atoms with van der Waals surface area (Å²) in [7, 11) is 0. The van der Waals surface area contributed by atoms with Gasteiger partial charge >= 0.3 is 6.03 Å². The molecule has 130 valence electrons. The van der Waals surface area contributed by atoms with E-state index in [1.54, 1.807) is 24.3 Å². The molecule has 1 saturated carbocycles.